The SMILES string of the molecule is C1CCC2(C1)CC(NCCOCC1CC1)CCO2. The van der Waals surface area contributed by atoms with E-state index in [9.17, 15) is 0 Å². The minimum atomic E-state index is 0.241. The molecular weight excluding hydrogens is 226 g/mol. The van der Waals surface area contributed by atoms with Gasteiger partial charge in [0.2, 0.25) is 0 Å². The molecule has 1 aliphatic heterocycles. The molecule has 3 fully saturated rings. The standard InChI is InChI=1S/C15H27NO2/c1-2-7-15(6-1)11-14(5-9-18-15)16-8-10-17-12-13-3-4-13/h13-14,16H,1-12H2. The summed E-state index contributed by atoms with van der Waals surface area (Å²) < 4.78 is 11.7. The molecule has 1 saturated heterocycles. The second-order valence-corrected chi connectivity index (χ2v) is 6.40. The largest absolute Gasteiger partial charge is 0.380 e. The fourth-order valence-electron chi connectivity index (χ4n) is 3.44. The Morgan fingerprint density at radius 3 is 2.78 bits per heavy atom. The number of nitrogens with one attached hydrogen (secondary N) is 1. The van der Waals surface area contributed by atoms with Crippen LogP contribution in [0.15, 0.2) is 0 Å². The molecule has 1 unspecified atom stereocenters. The molecule has 0 aromatic rings. The molecule has 104 valence electrons. The fraction of sp³-hybridized carbons (Fsp3) is 1.00. The van der Waals surface area contributed by atoms with Gasteiger partial charge in [0, 0.05) is 25.8 Å². The van der Waals surface area contributed by atoms with Gasteiger partial charge in [-0.05, 0) is 44.4 Å². The third kappa shape index (κ3) is 3.46. The average Bonchev–Trinajstić information content (AvgIpc) is 3.11. The van der Waals surface area contributed by atoms with Gasteiger partial charge in [0.1, 0.15) is 0 Å². The first-order valence-corrected chi connectivity index (χ1v) is 7.81. The van der Waals surface area contributed by atoms with Crippen LogP contribution in [0.3, 0.4) is 0 Å². The minimum Gasteiger partial charge on any atom is -0.380 e. The van der Waals surface area contributed by atoms with Crippen LogP contribution in [0.2, 0.25) is 0 Å². The maximum absolute atomic E-state index is 6.05. The van der Waals surface area contributed by atoms with Gasteiger partial charge in [0.25, 0.3) is 0 Å². The van der Waals surface area contributed by atoms with E-state index in [1.807, 2.05) is 0 Å². The second kappa shape index (κ2) is 5.89. The number of ether oxygens (including phenoxy) is 2. The van der Waals surface area contributed by atoms with Crippen LogP contribution in [0.1, 0.15) is 51.4 Å². The molecule has 1 spiro atoms. The smallest absolute Gasteiger partial charge is 0.0697 e. The van der Waals surface area contributed by atoms with Crippen LogP contribution in [0, 0.1) is 5.92 Å². The molecule has 1 N–H and O–H groups in total. The zero-order chi connectivity index (χ0) is 12.3. The van der Waals surface area contributed by atoms with Crippen molar-refractivity contribution >= 4 is 0 Å². The molecule has 1 heterocycles. The summed E-state index contributed by atoms with van der Waals surface area (Å²) in [4.78, 5) is 0. The third-order valence-electron chi connectivity index (χ3n) is 4.74. The summed E-state index contributed by atoms with van der Waals surface area (Å²) in [6, 6.07) is 0.654. The van der Waals surface area contributed by atoms with E-state index < -0.39 is 0 Å². The van der Waals surface area contributed by atoms with Crippen molar-refractivity contribution in [3.05, 3.63) is 0 Å². The molecular formula is C15H27NO2. The quantitative estimate of drug-likeness (QED) is 0.738. The van der Waals surface area contributed by atoms with Gasteiger partial charge >= 0.3 is 0 Å². The molecule has 3 heteroatoms. The van der Waals surface area contributed by atoms with Gasteiger partial charge in [0.15, 0.2) is 0 Å². The van der Waals surface area contributed by atoms with Gasteiger partial charge in [-0.2, -0.15) is 0 Å². The first kappa shape index (κ1) is 12.9. The first-order valence-electron chi connectivity index (χ1n) is 7.81. The molecule has 1 atom stereocenters. The lowest BCUT2D eigenvalue weighted by Gasteiger charge is -2.38. The Morgan fingerprint density at radius 2 is 2.00 bits per heavy atom. The Balaban J connectivity index is 1.31. The van der Waals surface area contributed by atoms with Crippen molar-refractivity contribution in [3.8, 4) is 0 Å². The van der Waals surface area contributed by atoms with E-state index in [-0.39, 0.29) is 5.60 Å². The highest BCUT2D eigenvalue weighted by molar-refractivity contribution is 4.93. The van der Waals surface area contributed by atoms with Crippen molar-refractivity contribution in [3.63, 3.8) is 0 Å². The molecule has 18 heavy (non-hydrogen) atoms. The maximum atomic E-state index is 6.05. The lowest BCUT2D eigenvalue weighted by Crippen LogP contribution is -2.46. The van der Waals surface area contributed by atoms with Crippen molar-refractivity contribution in [2.75, 3.05) is 26.4 Å². The van der Waals surface area contributed by atoms with E-state index in [4.69, 9.17) is 9.47 Å². The van der Waals surface area contributed by atoms with E-state index in [1.54, 1.807) is 0 Å². The molecule has 0 aromatic heterocycles. The molecule has 0 aromatic carbocycles. The molecule has 3 aliphatic rings. The minimum absolute atomic E-state index is 0.241. The summed E-state index contributed by atoms with van der Waals surface area (Å²) in [6.45, 7) is 3.81. The van der Waals surface area contributed by atoms with Gasteiger partial charge in [-0.1, -0.05) is 12.8 Å². The van der Waals surface area contributed by atoms with E-state index in [1.165, 1.54) is 51.4 Å². The van der Waals surface area contributed by atoms with E-state index in [0.717, 1.165) is 32.3 Å². The van der Waals surface area contributed by atoms with Crippen LogP contribution in [-0.2, 0) is 9.47 Å². The van der Waals surface area contributed by atoms with Gasteiger partial charge in [-0.3, -0.25) is 0 Å². The molecule has 2 saturated carbocycles. The van der Waals surface area contributed by atoms with Crippen LogP contribution in [0.5, 0.6) is 0 Å². The van der Waals surface area contributed by atoms with Crippen LogP contribution >= 0.6 is 0 Å². The highest BCUT2D eigenvalue weighted by atomic mass is 16.5. The summed E-state index contributed by atoms with van der Waals surface area (Å²) in [6.07, 6.45) is 10.4. The highest BCUT2D eigenvalue weighted by Crippen LogP contribution is 2.39. The zero-order valence-corrected chi connectivity index (χ0v) is 11.5. The summed E-state index contributed by atoms with van der Waals surface area (Å²) >= 11 is 0. The van der Waals surface area contributed by atoms with Gasteiger partial charge in [-0.25, -0.2) is 0 Å². The Morgan fingerprint density at radius 1 is 1.17 bits per heavy atom. The van der Waals surface area contributed by atoms with Crippen molar-refractivity contribution in [2.45, 2.75) is 63.0 Å². The third-order valence-corrected chi connectivity index (χ3v) is 4.74. The Bertz CT molecular complexity index is 259. The van der Waals surface area contributed by atoms with Gasteiger partial charge in [-0.15, -0.1) is 0 Å². The fourth-order valence-corrected chi connectivity index (χ4v) is 3.44. The van der Waals surface area contributed by atoms with E-state index in [2.05, 4.69) is 5.32 Å². The van der Waals surface area contributed by atoms with Gasteiger partial charge in [0.05, 0.1) is 12.2 Å². The average molecular weight is 253 g/mol. The summed E-state index contributed by atoms with van der Waals surface area (Å²) in [5.41, 5.74) is 0.241. The second-order valence-electron chi connectivity index (χ2n) is 6.40. The van der Waals surface area contributed by atoms with Crippen LogP contribution in [0.4, 0.5) is 0 Å². The Hall–Kier alpha value is -0.120. The predicted molar refractivity (Wildman–Crippen MR) is 71.7 cm³/mol. The van der Waals surface area contributed by atoms with Crippen molar-refractivity contribution < 1.29 is 9.47 Å². The highest BCUT2D eigenvalue weighted by Gasteiger charge is 2.39. The molecule has 0 amide bonds. The van der Waals surface area contributed by atoms with Crippen LogP contribution in [0.25, 0.3) is 0 Å². The molecule has 3 nitrogen and oxygen atoms in total. The monoisotopic (exact) mass is 253 g/mol. The predicted octanol–water partition coefficient (Wildman–Crippen LogP) is 2.49. The van der Waals surface area contributed by atoms with Crippen molar-refractivity contribution in [1.29, 1.82) is 0 Å². The lowest BCUT2D eigenvalue weighted by molar-refractivity contribution is -0.0840. The summed E-state index contributed by atoms with van der Waals surface area (Å²) in [5, 5.41) is 3.66. The number of hydrogen-bond acceptors (Lipinski definition) is 3. The first-order chi connectivity index (χ1) is 8.86. The molecule has 0 radical (unpaired) electrons. The lowest BCUT2D eigenvalue weighted by atomic mass is 9.89. The van der Waals surface area contributed by atoms with Crippen LogP contribution < -0.4 is 5.32 Å². The van der Waals surface area contributed by atoms with Gasteiger partial charge < -0.3 is 14.8 Å². The number of rotatable bonds is 6. The van der Waals surface area contributed by atoms with Crippen LogP contribution in [-0.4, -0.2) is 38.0 Å². The number of hydrogen-bond donors (Lipinski definition) is 1. The maximum Gasteiger partial charge on any atom is 0.0697 e. The molecule has 3 rings (SSSR count). The Labute approximate surface area is 111 Å². The topological polar surface area (TPSA) is 30.5 Å². The van der Waals surface area contributed by atoms with Crippen molar-refractivity contribution in [1.82, 2.24) is 5.32 Å². The summed E-state index contributed by atoms with van der Waals surface area (Å²) in [5.74, 6) is 0.884. The van der Waals surface area contributed by atoms with Crippen molar-refractivity contribution in [2.24, 2.45) is 5.92 Å². The summed E-state index contributed by atoms with van der Waals surface area (Å²) in [7, 11) is 0. The normalized spacial score (nSPS) is 31.0. The zero-order valence-electron chi connectivity index (χ0n) is 11.5. The molecule has 2 aliphatic carbocycles. The Kier molecular flexibility index (Phi) is 4.22. The van der Waals surface area contributed by atoms with E-state index >= 15 is 0 Å². The molecule has 0 bridgehead atoms. The van der Waals surface area contributed by atoms with E-state index in [0.29, 0.717) is 6.04 Å².